The Morgan fingerprint density at radius 1 is 1.44 bits per heavy atom. The molecule has 8 heteroatoms. The van der Waals surface area contributed by atoms with Crippen molar-refractivity contribution in [1.29, 1.82) is 0 Å². The summed E-state index contributed by atoms with van der Waals surface area (Å²) in [6, 6.07) is 2.82. The van der Waals surface area contributed by atoms with Crippen molar-refractivity contribution in [2.24, 2.45) is 0 Å². The fourth-order valence-electron chi connectivity index (χ4n) is 0.870. The predicted octanol–water partition coefficient (Wildman–Crippen LogP) is 1.98. The highest BCUT2D eigenvalue weighted by Crippen LogP contribution is 2.36. The topological polar surface area (TPSA) is 57.5 Å². The Morgan fingerprint density at radius 3 is 2.38 bits per heavy atom. The summed E-state index contributed by atoms with van der Waals surface area (Å²) in [5, 5.41) is 19.3. The van der Waals surface area contributed by atoms with E-state index < -0.39 is 21.7 Å². The van der Waals surface area contributed by atoms with Crippen molar-refractivity contribution in [3.05, 3.63) is 22.4 Å². The van der Waals surface area contributed by atoms with Crippen molar-refractivity contribution in [2.45, 2.75) is 15.9 Å². The van der Waals surface area contributed by atoms with Crippen LogP contribution in [0.4, 0.5) is 13.2 Å². The average molecular weight is 366 g/mol. The Bertz CT molecular complexity index is 374. The Morgan fingerprint density at radius 2 is 2.00 bits per heavy atom. The lowest BCUT2D eigenvalue weighted by Gasteiger charge is -2.27. The van der Waals surface area contributed by atoms with Gasteiger partial charge in [-0.3, -0.25) is 4.79 Å². The summed E-state index contributed by atoms with van der Waals surface area (Å²) in [4.78, 5) is 11.5. The van der Waals surface area contributed by atoms with E-state index in [1.54, 1.807) is 0 Å². The molecule has 0 spiro atoms. The number of alkyl halides is 4. The molecule has 1 aromatic heterocycles. The van der Waals surface area contributed by atoms with Crippen molar-refractivity contribution in [2.75, 3.05) is 0 Å². The number of Topliss-reactive ketones (excluding diaryl/α,β-unsaturated/α-hetero) is 1. The zero-order valence-electron chi connectivity index (χ0n) is 7.53. The molecular formula is C8H6F3IO3S. The number of thiophene rings is 1. The third-order valence-electron chi connectivity index (χ3n) is 1.76. The van der Waals surface area contributed by atoms with Crippen LogP contribution in [0.1, 0.15) is 9.67 Å². The molecule has 0 radical (unpaired) electrons. The quantitative estimate of drug-likeness (QED) is 0.372. The van der Waals surface area contributed by atoms with E-state index >= 15 is 0 Å². The van der Waals surface area contributed by atoms with Crippen molar-refractivity contribution < 1.29 is 28.2 Å². The lowest BCUT2D eigenvalue weighted by Crippen LogP contribution is -2.54. The SMILES string of the molecule is O=C(c1cccs1)C(I)C(O)(O)C(F)(F)F. The lowest BCUT2D eigenvalue weighted by molar-refractivity contribution is -0.341. The molecule has 2 N–H and O–H groups in total. The van der Waals surface area contributed by atoms with Crippen LogP contribution < -0.4 is 0 Å². The van der Waals surface area contributed by atoms with Gasteiger partial charge in [-0.15, -0.1) is 11.3 Å². The molecule has 0 fully saturated rings. The summed E-state index contributed by atoms with van der Waals surface area (Å²) < 4.78 is 34.7. The maximum absolute atomic E-state index is 12.2. The van der Waals surface area contributed by atoms with Gasteiger partial charge in [-0.05, 0) is 11.4 Å². The molecular weight excluding hydrogens is 360 g/mol. The van der Waals surface area contributed by atoms with Crippen LogP contribution >= 0.6 is 33.9 Å². The minimum absolute atomic E-state index is 0.0520. The highest BCUT2D eigenvalue weighted by molar-refractivity contribution is 14.1. The van der Waals surface area contributed by atoms with Gasteiger partial charge >= 0.3 is 6.18 Å². The van der Waals surface area contributed by atoms with Crippen LogP contribution in [-0.2, 0) is 0 Å². The minimum atomic E-state index is -5.27. The number of ketones is 1. The van der Waals surface area contributed by atoms with E-state index in [2.05, 4.69) is 0 Å². The third-order valence-corrected chi connectivity index (χ3v) is 4.08. The molecule has 0 bridgehead atoms. The van der Waals surface area contributed by atoms with Crippen molar-refractivity contribution in [3.8, 4) is 0 Å². The van der Waals surface area contributed by atoms with E-state index in [1.165, 1.54) is 17.5 Å². The van der Waals surface area contributed by atoms with Gasteiger partial charge in [0.05, 0.1) is 4.88 Å². The molecule has 1 atom stereocenters. The Kier molecular flexibility index (Phi) is 3.98. The first-order valence-electron chi connectivity index (χ1n) is 3.91. The summed E-state index contributed by atoms with van der Waals surface area (Å²) in [6.45, 7) is 0. The largest absolute Gasteiger partial charge is 0.444 e. The molecule has 16 heavy (non-hydrogen) atoms. The second-order valence-corrected chi connectivity index (χ2v) is 5.12. The Hall–Kier alpha value is -0.190. The normalized spacial score (nSPS) is 14.9. The maximum Gasteiger partial charge on any atom is 0.444 e. The standard InChI is InChI=1S/C8H6F3IO3S/c9-8(10,11)7(14,15)6(12)5(13)4-2-1-3-16-4/h1-3,6,14-15H. The zero-order chi connectivity index (χ0) is 12.6. The number of hydrogen-bond acceptors (Lipinski definition) is 4. The van der Waals surface area contributed by atoms with Gasteiger partial charge in [0.2, 0.25) is 0 Å². The molecule has 0 saturated carbocycles. The molecule has 0 aliphatic rings. The number of rotatable bonds is 3. The molecule has 0 saturated heterocycles. The maximum atomic E-state index is 12.2. The van der Waals surface area contributed by atoms with Crippen molar-refractivity contribution in [3.63, 3.8) is 0 Å². The number of hydrogen-bond donors (Lipinski definition) is 2. The van der Waals surface area contributed by atoms with Gasteiger partial charge in [-0.25, -0.2) is 0 Å². The highest BCUT2D eigenvalue weighted by Gasteiger charge is 2.59. The molecule has 3 nitrogen and oxygen atoms in total. The Labute approximate surface area is 106 Å². The van der Waals surface area contributed by atoms with E-state index in [1.807, 2.05) is 0 Å². The van der Waals surface area contributed by atoms with E-state index in [-0.39, 0.29) is 4.88 Å². The number of halogens is 4. The number of aliphatic hydroxyl groups is 2. The van der Waals surface area contributed by atoms with Gasteiger partial charge in [-0.2, -0.15) is 13.2 Å². The van der Waals surface area contributed by atoms with E-state index in [9.17, 15) is 18.0 Å². The highest BCUT2D eigenvalue weighted by atomic mass is 127. The molecule has 1 heterocycles. The van der Waals surface area contributed by atoms with Crippen LogP contribution in [0.3, 0.4) is 0 Å². The summed E-state index contributed by atoms with van der Waals surface area (Å²) >= 11 is 2.02. The fourth-order valence-corrected chi connectivity index (χ4v) is 2.46. The second-order valence-electron chi connectivity index (χ2n) is 2.93. The van der Waals surface area contributed by atoms with Crippen LogP contribution in [-0.4, -0.2) is 31.9 Å². The van der Waals surface area contributed by atoms with Crippen LogP contribution in [0, 0.1) is 0 Å². The minimum Gasteiger partial charge on any atom is -0.357 e. The van der Waals surface area contributed by atoms with Gasteiger partial charge in [0, 0.05) is 0 Å². The smallest absolute Gasteiger partial charge is 0.357 e. The van der Waals surface area contributed by atoms with Crippen LogP contribution in [0.25, 0.3) is 0 Å². The summed E-state index contributed by atoms with van der Waals surface area (Å²) in [5.41, 5.74) is 0. The van der Waals surface area contributed by atoms with Crippen LogP contribution in [0.15, 0.2) is 17.5 Å². The first-order valence-corrected chi connectivity index (χ1v) is 6.03. The van der Waals surface area contributed by atoms with Crippen LogP contribution in [0.5, 0.6) is 0 Å². The number of carbonyl (C=O) groups excluding carboxylic acids is 1. The van der Waals surface area contributed by atoms with Gasteiger partial charge in [-0.1, -0.05) is 28.7 Å². The molecule has 1 unspecified atom stereocenters. The summed E-state index contributed by atoms with van der Waals surface area (Å²) in [7, 11) is 0. The fraction of sp³-hybridized carbons (Fsp3) is 0.375. The van der Waals surface area contributed by atoms with Gasteiger partial charge in [0.15, 0.2) is 5.78 Å². The molecule has 1 rings (SSSR count). The second kappa shape index (κ2) is 4.59. The van der Waals surface area contributed by atoms with Crippen LogP contribution in [0.2, 0.25) is 0 Å². The summed E-state index contributed by atoms with van der Waals surface area (Å²) in [5.74, 6) is -4.98. The molecule has 0 aromatic carbocycles. The van der Waals surface area contributed by atoms with E-state index in [0.717, 1.165) is 33.9 Å². The summed E-state index contributed by atoms with van der Waals surface area (Å²) in [6.07, 6.45) is -5.27. The van der Waals surface area contributed by atoms with E-state index in [4.69, 9.17) is 10.2 Å². The molecule has 1 aromatic rings. The molecule has 90 valence electrons. The monoisotopic (exact) mass is 366 g/mol. The van der Waals surface area contributed by atoms with Gasteiger partial charge in [0.1, 0.15) is 3.92 Å². The molecule has 0 aliphatic carbocycles. The first kappa shape index (κ1) is 13.9. The van der Waals surface area contributed by atoms with Gasteiger partial charge in [0.25, 0.3) is 5.79 Å². The predicted molar refractivity (Wildman–Crippen MR) is 59.7 cm³/mol. The first-order chi connectivity index (χ1) is 7.18. The van der Waals surface area contributed by atoms with Crippen molar-refractivity contribution in [1.82, 2.24) is 0 Å². The third kappa shape index (κ3) is 2.55. The lowest BCUT2D eigenvalue weighted by atomic mass is 10.1. The zero-order valence-corrected chi connectivity index (χ0v) is 10.5. The number of carbonyl (C=O) groups is 1. The van der Waals surface area contributed by atoms with Crippen molar-refractivity contribution >= 4 is 39.7 Å². The van der Waals surface area contributed by atoms with Gasteiger partial charge < -0.3 is 10.2 Å². The van der Waals surface area contributed by atoms with E-state index in [0.29, 0.717) is 0 Å². The molecule has 0 aliphatic heterocycles. The average Bonchev–Trinajstić information content (AvgIpc) is 2.66. The Balaban J connectivity index is 2.95. The molecule has 0 amide bonds.